The SMILES string of the molecule is Cc1ccc(OP(c2ccccc2)c2ccccc2)c(C)c1. The zero-order chi connectivity index (χ0) is 15.4. The van der Waals surface area contributed by atoms with Gasteiger partial charge in [-0.1, -0.05) is 78.4 Å². The van der Waals surface area contributed by atoms with E-state index in [1.807, 2.05) is 12.1 Å². The molecule has 0 unspecified atom stereocenters. The lowest BCUT2D eigenvalue weighted by Gasteiger charge is -2.20. The van der Waals surface area contributed by atoms with E-state index in [1.54, 1.807) is 0 Å². The summed E-state index contributed by atoms with van der Waals surface area (Å²) in [4.78, 5) is 0. The summed E-state index contributed by atoms with van der Waals surface area (Å²) in [6.07, 6.45) is 0. The quantitative estimate of drug-likeness (QED) is 0.633. The van der Waals surface area contributed by atoms with Crippen LogP contribution < -0.4 is 15.1 Å². The van der Waals surface area contributed by atoms with Gasteiger partial charge in [0.05, 0.1) is 0 Å². The molecule has 22 heavy (non-hydrogen) atoms. The third kappa shape index (κ3) is 3.37. The van der Waals surface area contributed by atoms with Crippen molar-refractivity contribution in [3.8, 4) is 5.75 Å². The van der Waals surface area contributed by atoms with Crippen LogP contribution in [0.15, 0.2) is 78.9 Å². The first-order valence-corrected chi connectivity index (χ1v) is 8.65. The molecule has 3 rings (SSSR count). The predicted octanol–water partition coefficient (Wildman–Crippen LogP) is 4.73. The first-order valence-electron chi connectivity index (χ1n) is 7.39. The summed E-state index contributed by atoms with van der Waals surface area (Å²) in [6.45, 7) is 4.21. The zero-order valence-electron chi connectivity index (χ0n) is 12.9. The van der Waals surface area contributed by atoms with Crippen molar-refractivity contribution in [3.05, 3.63) is 90.0 Å². The van der Waals surface area contributed by atoms with Gasteiger partial charge in [0.15, 0.2) is 8.15 Å². The number of aryl methyl sites for hydroxylation is 2. The topological polar surface area (TPSA) is 9.23 Å². The lowest BCUT2D eigenvalue weighted by atomic mass is 10.1. The van der Waals surface area contributed by atoms with E-state index in [-0.39, 0.29) is 0 Å². The Kier molecular flexibility index (Phi) is 4.56. The lowest BCUT2D eigenvalue weighted by molar-refractivity contribution is 0.623. The van der Waals surface area contributed by atoms with E-state index in [4.69, 9.17) is 4.52 Å². The molecule has 0 spiro atoms. The highest BCUT2D eigenvalue weighted by Crippen LogP contribution is 2.38. The number of benzene rings is 3. The van der Waals surface area contributed by atoms with Crippen LogP contribution >= 0.6 is 8.15 Å². The highest BCUT2D eigenvalue weighted by molar-refractivity contribution is 7.68. The molecule has 0 aliphatic heterocycles. The summed E-state index contributed by atoms with van der Waals surface area (Å²) in [5.74, 6) is 0.962. The Balaban J connectivity index is 1.99. The molecule has 0 aliphatic carbocycles. The standard InChI is InChI=1S/C20H19OP/c1-16-13-14-20(17(2)15-16)21-22(18-9-5-3-6-10-18)19-11-7-4-8-12-19/h3-15H,1-2H3. The first-order chi connectivity index (χ1) is 10.7. The molecule has 0 radical (unpaired) electrons. The number of hydrogen-bond donors (Lipinski definition) is 0. The molecule has 3 aromatic carbocycles. The van der Waals surface area contributed by atoms with E-state index in [2.05, 4.69) is 80.6 Å². The van der Waals surface area contributed by atoms with Crippen LogP contribution in [0.5, 0.6) is 5.75 Å². The average Bonchev–Trinajstić information content (AvgIpc) is 2.56. The summed E-state index contributed by atoms with van der Waals surface area (Å²) >= 11 is 0. The molecule has 0 saturated heterocycles. The fourth-order valence-electron chi connectivity index (χ4n) is 2.38. The summed E-state index contributed by atoms with van der Waals surface area (Å²) < 4.78 is 6.44. The zero-order valence-corrected chi connectivity index (χ0v) is 13.8. The Morgan fingerprint density at radius 3 is 1.73 bits per heavy atom. The summed E-state index contributed by atoms with van der Waals surface area (Å²) in [5, 5.41) is 2.45. The normalized spacial score (nSPS) is 10.7. The molecule has 0 aromatic heterocycles. The Hall–Kier alpha value is -2.11. The van der Waals surface area contributed by atoms with Crippen molar-refractivity contribution >= 4 is 18.8 Å². The Bertz CT molecular complexity index is 699. The molecular weight excluding hydrogens is 287 g/mol. The van der Waals surface area contributed by atoms with E-state index in [0.29, 0.717) is 0 Å². The molecule has 0 saturated carbocycles. The monoisotopic (exact) mass is 306 g/mol. The molecule has 0 N–H and O–H groups in total. The maximum Gasteiger partial charge on any atom is 0.150 e. The Morgan fingerprint density at radius 1 is 0.682 bits per heavy atom. The molecule has 0 heterocycles. The first kappa shape index (κ1) is 14.8. The molecular formula is C20H19OP. The lowest BCUT2D eigenvalue weighted by Crippen LogP contribution is -2.15. The van der Waals surface area contributed by atoms with Gasteiger partial charge in [-0.2, -0.15) is 0 Å². The minimum Gasteiger partial charge on any atom is -0.464 e. The third-order valence-electron chi connectivity index (χ3n) is 3.50. The Morgan fingerprint density at radius 2 is 1.23 bits per heavy atom. The van der Waals surface area contributed by atoms with Crippen molar-refractivity contribution in [2.75, 3.05) is 0 Å². The van der Waals surface area contributed by atoms with Crippen molar-refractivity contribution in [3.63, 3.8) is 0 Å². The molecule has 0 amide bonds. The molecule has 3 aromatic rings. The maximum absolute atomic E-state index is 6.44. The van der Waals surface area contributed by atoms with E-state index in [1.165, 1.54) is 21.7 Å². The predicted molar refractivity (Wildman–Crippen MR) is 95.6 cm³/mol. The van der Waals surface area contributed by atoms with Crippen LogP contribution in [0.1, 0.15) is 11.1 Å². The second-order valence-corrected chi connectivity index (χ2v) is 7.13. The Labute approximate surface area is 133 Å². The van der Waals surface area contributed by atoms with Crippen molar-refractivity contribution in [2.24, 2.45) is 0 Å². The average molecular weight is 306 g/mol. The summed E-state index contributed by atoms with van der Waals surface area (Å²) in [5.41, 5.74) is 2.44. The van der Waals surface area contributed by atoms with Crippen molar-refractivity contribution < 1.29 is 4.52 Å². The van der Waals surface area contributed by atoms with Gasteiger partial charge in [0.1, 0.15) is 5.75 Å². The van der Waals surface area contributed by atoms with Crippen molar-refractivity contribution in [1.29, 1.82) is 0 Å². The second-order valence-electron chi connectivity index (χ2n) is 5.33. The van der Waals surface area contributed by atoms with E-state index >= 15 is 0 Å². The van der Waals surface area contributed by atoms with Crippen LogP contribution in [0, 0.1) is 13.8 Å². The highest BCUT2D eigenvalue weighted by atomic mass is 31.1. The van der Waals surface area contributed by atoms with Gasteiger partial charge in [0.2, 0.25) is 0 Å². The van der Waals surface area contributed by atoms with Gasteiger partial charge >= 0.3 is 0 Å². The van der Waals surface area contributed by atoms with Crippen LogP contribution in [-0.4, -0.2) is 0 Å². The third-order valence-corrected chi connectivity index (χ3v) is 5.42. The molecule has 1 nitrogen and oxygen atoms in total. The maximum atomic E-state index is 6.44. The fraction of sp³-hybridized carbons (Fsp3) is 0.100. The summed E-state index contributed by atoms with van der Waals surface area (Å²) in [7, 11) is -0.853. The van der Waals surface area contributed by atoms with Gasteiger partial charge in [-0.15, -0.1) is 0 Å². The van der Waals surface area contributed by atoms with E-state index in [9.17, 15) is 0 Å². The summed E-state index contributed by atoms with van der Waals surface area (Å²) in [6, 6.07) is 27.3. The van der Waals surface area contributed by atoms with Crippen LogP contribution in [0.25, 0.3) is 0 Å². The highest BCUT2D eigenvalue weighted by Gasteiger charge is 2.17. The largest absolute Gasteiger partial charge is 0.464 e. The smallest absolute Gasteiger partial charge is 0.150 e. The van der Waals surface area contributed by atoms with Crippen LogP contribution in [0.3, 0.4) is 0 Å². The molecule has 0 aliphatic rings. The second kappa shape index (κ2) is 6.77. The van der Waals surface area contributed by atoms with Crippen LogP contribution in [-0.2, 0) is 0 Å². The van der Waals surface area contributed by atoms with Gasteiger partial charge in [0.25, 0.3) is 0 Å². The fourth-order valence-corrected chi connectivity index (χ4v) is 4.18. The molecule has 2 heteroatoms. The van der Waals surface area contributed by atoms with Gasteiger partial charge in [-0.25, -0.2) is 0 Å². The van der Waals surface area contributed by atoms with Gasteiger partial charge in [0, 0.05) is 10.6 Å². The van der Waals surface area contributed by atoms with Crippen LogP contribution in [0.2, 0.25) is 0 Å². The minimum atomic E-state index is -0.853. The van der Waals surface area contributed by atoms with Gasteiger partial charge in [-0.05, 0) is 25.5 Å². The molecule has 0 bridgehead atoms. The minimum absolute atomic E-state index is 0.853. The van der Waals surface area contributed by atoms with Crippen molar-refractivity contribution in [1.82, 2.24) is 0 Å². The van der Waals surface area contributed by atoms with E-state index in [0.717, 1.165) is 5.75 Å². The van der Waals surface area contributed by atoms with E-state index < -0.39 is 8.15 Å². The van der Waals surface area contributed by atoms with Gasteiger partial charge in [-0.3, -0.25) is 0 Å². The van der Waals surface area contributed by atoms with Gasteiger partial charge < -0.3 is 4.52 Å². The molecule has 110 valence electrons. The van der Waals surface area contributed by atoms with Crippen LogP contribution in [0.4, 0.5) is 0 Å². The van der Waals surface area contributed by atoms with Crippen molar-refractivity contribution in [2.45, 2.75) is 13.8 Å². The number of hydrogen-bond acceptors (Lipinski definition) is 1. The molecule has 0 fully saturated rings. The molecule has 0 atom stereocenters. The number of rotatable bonds is 4.